The predicted molar refractivity (Wildman–Crippen MR) is 70.8 cm³/mol. The van der Waals surface area contributed by atoms with Crippen molar-refractivity contribution in [1.29, 1.82) is 0 Å². The molecule has 0 atom stereocenters. The third-order valence-electron chi connectivity index (χ3n) is 2.43. The van der Waals surface area contributed by atoms with Gasteiger partial charge >= 0.3 is 21.6 Å². The summed E-state index contributed by atoms with van der Waals surface area (Å²) in [5, 5.41) is 0. The summed E-state index contributed by atoms with van der Waals surface area (Å²) >= 11 is 0. The molecular weight excluding hydrogens is 327 g/mol. The van der Waals surface area contributed by atoms with Crippen molar-refractivity contribution >= 4 is 9.28 Å². The largest absolute Gasteiger partial charge is 0.499 e. The third kappa shape index (κ3) is 5.54. The van der Waals surface area contributed by atoms with Crippen molar-refractivity contribution in [3.05, 3.63) is 29.8 Å². The molecular formula is C13H16F5O3Si. The third-order valence-corrected chi connectivity index (χ3v) is 4.35. The molecule has 3 nitrogen and oxygen atoms in total. The Bertz CT molecular complexity index is 461. The van der Waals surface area contributed by atoms with Crippen LogP contribution in [0.5, 0.6) is 5.75 Å². The van der Waals surface area contributed by atoms with E-state index in [9.17, 15) is 22.0 Å². The summed E-state index contributed by atoms with van der Waals surface area (Å²) in [6.45, 7) is 4.42. The van der Waals surface area contributed by atoms with Crippen LogP contribution in [0.25, 0.3) is 0 Å². The van der Waals surface area contributed by atoms with Gasteiger partial charge in [-0.2, -0.15) is 22.0 Å². The second-order valence-corrected chi connectivity index (χ2v) is 5.85. The monoisotopic (exact) mass is 343 g/mol. The van der Waals surface area contributed by atoms with Crippen LogP contribution in [0.3, 0.4) is 0 Å². The first-order valence-electron chi connectivity index (χ1n) is 6.53. The van der Waals surface area contributed by atoms with Crippen LogP contribution < -0.4 is 4.74 Å². The molecule has 0 spiro atoms. The van der Waals surface area contributed by atoms with Crippen LogP contribution in [-0.2, 0) is 14.9 Å². The molecule has 0 unspecified atom stereocenters. The van der Waals surface area contributed by atoms with Crippen LogP contribution in [0.2, 0.25) is 0 Å². The summed E-state index contributed by atoms with van der Waals surface area (Å²) < 4.78 is 76.6. The number of rotatable bonds is 8. The molecule has 9 heteroatoms. The molecule has 0 saturated heterocycles. The molecule has 125 valence electrons. The standard InChI is InChI=1S/C13H16F5O3Si/c1-3-19-22(20-4-2)9-10-6-5-7-11(8-10)21-13(17,18)12(14,15)16/h5-8H,3-4,9H2,1-2H3. The van der Waals surface area contributed by atoms with Gasteiger partial charge in [-0.25, -0.2) is 0 Å². The van der Waals surface area contributed by atoms with E-state index in [4.69, 9.17) is 8.85 Å². The van der Waals surface area contributed by atoms with E-state index in [-0.39, 0.29) is 0 Å². The van der Waals surface area contributed by atoms with Crippen molar-refractivity contribution in [2.45, 2.75) is 32.2 Å². The second-order valence-electron chi connectivity index (χ2n) is 4.18. The first-order chi connectivity index (χ1) is 10.2. The van der Waals surface area contributed by atoms with Crippen molar-refractivity contribution < 1.29 is 35.5 Å². The molecule has 0 bridgehead atoms. The van der Waals surface area contributed by atoms with E-state index in [2.05, 4.69) is 4.74 Å². The number of hydrogen-bond donors (Lipinski definition) is 0. The lowest BCUT2D eigenvalue weighted by atomic mass is 10.2. The van der Waals surface area contributed by atoms with E-state index >= 15 is 0 Å². The lowest BCUT2D eigenvalue weighted by molar-refractivity contribution is -0.360. The molecule has 1 rings (SSSR count). The maximum absolute atomic E-state index is 12.9. The van der Waals surface area contributed by atoms with Gasteiger partial charge in [0.2, 0.25) is 0 Å². The number of ether oxygens (including phenoxy) is 1. The van der Waals surface area contributed by atoms with Crippen LogP contribution in [0.1, 0.15) is 19.4 Å². The van der Waals surface area contributed by atoms with Crippen LogP contribution in [0.15, 0.2) is 24.3 Å². The zero-order chi connectivity index (χ0) is 16.8. The van der Waals surface area contributed by atoms with Crippen molar-refractivity contribution in [3.63, 3.8) is 0 Å². The van der Waals surface area contributed by atoms with E-state index < -0.39 is 27.3 Å². The molecule has 0 aliphatic rings. The van der Waals surface area contributed by atoms with Gasteiger partial charge in [0.05, 0.1) is 0 Å². The van der Waals surface area contributed by atoms with Crippen LogP contribution in [-0.4, -0.2) is 34.8 Å². The number of benzene rings is 1. The normalized spacial score (nSPS) is 12.7. The Labute approximate surface area is 126 Å². The zero-order valence-electron chi connectivity index (χ0n) is 12.0. The molecule has 0 aliphatic heterocycles. The van der Waals surface area contributed by atoms with Gasteiger partial charge in [0.15, 0.2) is 0 Å². The fraction of sp³-hybridized carbons (Fsp3) is 0.538. The van der Waals surface area contributed by atoms with Gasteiger partial charge in [0.1, 0.15) is 5.75 Å². The van der Waals surface area contributed by atoms with Gasteiger partial charge in [0, 0.05) is 19.3 Å². The Balaban J connectivity index is 2.81. The summed E-state index contributed by atoms with van der Waals surface area (Å²) in [4.78, 5) is 0. The minimum atomic E-state index is -5.77. The minimum Gasteiger partial charge on any atom is -0.426 e. The maximum atomic E-state index is 12.9. The molecule has 1 aromatic rings. The Hall–Kier alpha value is -1.19. The van der Waals surface area contributed by atoms with Crippen LogP contribution in [0, 0.1) is 0 Å². The number of hydrogen-bond acceptors (Lipinski definition) is 3. The van der Waals surface area contributed by atoms with Crippen molar-refractivity contribution in [3.8, 4) is 5.75 Å². The van der Waals surface area contributed by atoms with Gasteiger partial charge < -0.3 is 13.6 Å². The van der Waals surface area contributed by atoms with Gasteiger partial charge in [0.25, 0.3) is 0 Å². The molecule has 0 fully saturated rings. The smallest absolute Gasteiger partial charge is 0.426 e. The Kier molecular flexibility index (Phi) is 6.76. The SMILES string of the molecule is CCO[Si](Cc1cccc(OC(F)(F)C(F)(F)F)c1)OCC. The van der Waals surface area contributed by atoms with Crippen LogP contribution in [0.4, 0.5) is 22.0 Å². The minimum absolute atomic E-state index is 0.307. The molecule has 0 N–H and O–H groups in total. The molecule has 0 heterocycles. The highest BCUT2D eigenvalue weighted by Gasteiger charge is 2.61. The fourth-order valence-electron chi connectivity index (χ4n) is 1.56. The average Bonchev–Trinajstić information content (AvgIpc) is 2.37. The predicted octanol–water partition coefficient (Wildman–Crippen LogP) is 3.86. The Morgan fingerprint density at radius 2 is 1.59 bits per heavy atom. The van der Waals surface area contributed by atoms with Gasteiger partial charge in [-0.3, -0.25) is 0 Å². The highest BCUT2D eigenvalue weighted by molar-refractivity contribution is 6.43. The van der Waals surface area contributed by atoms with E-state index in [1.807, 2.05) is 0 Å². The van der Waals surface area contributed by atoms with Gasteiger partial charge in [-0.1, -0.05) is 12.1 Å². The summed E-state index contributed by atoms with van der Waals surface area (Å²) in [5.74, 6) is -0.561. The zero-order valence-corrected chi connectivity index (χ0v) is 13.0. The quantitative estimate of drug-likeness (QED) is 0.530. The first-order valence-corrected chi connectivity index (χ1v) is 8.06. The van der Waals surface area contributed by atoms with Gasteiger partial charge in [-0.05, 0) is 31.5 Å². The van der Waals surface area contributed by atoms with Crippen molar-refractivity contribution in [2.24, 2.45) is 0 Å². The van der Waals surface area contributed by atoms with Crippen molar-refractivity contribution in [1.82, 2.24) is 0 Å². The average molecular weight is 343 g/mol. The van der Waals surface area contributed by atoms with E-state index in [0.717, 1.165) is 12.1 Å². The number of alkyl halides is 5. The molecule has 1 aromatic carbocycles. The highest BCUT2D eigenvalue weighted by Crippen LogP contribution is 2.37. The fourth-order valence-corrected chi connectivity index (χ4v) is 3.04. The van der Waals surface area contributed by atoms with E-state index in [1.165, 1.54) is 6.07 Å². The van der Waals surface area contributed by atoms with Crippen LogP contribution >= 0.6 is 0 Å². The lowest BCUT2D eigenvalue weighted by Crippen LogP contribution is -2.41. The first kappa shape index (κ1) is 18.9. The summed E-state index contributed by atoms with van der Waals surface area (Å²) in [6.07, 6.45) is -11.0. The molecule has 0 saturated carbocycles. The lowest BCUT2D eigenvalue weighted by Gasteiger charge is -2.20. The Morgan fingerprint density at radius 1 is 1.00 bits per heavy atom. The number of halogens is 5. The van der Waals surface area contributed by atoms with E-state index in [0.29, 0.717) is 24.8 Å². The van der Waals surface area contributed by atoms with E-state index in [1.54, 1.807) is 19.9 Å². The summed E-state index contributed by atoms with van der Waals surface area (Å²) in [6, 6.07) is 5.40. The molecule has 0 aromatic heterocycles. The van der Waals surface area contributed by atoms with Gasteiger partial charge in [-0.15, -0.1) is 0 Å². The molecule has 22 heavy (non-hydrogen) atoms. The molecule has 1 radical (unpaired) electrons. The molecule has 0 aliphatic carbocycles. The second kappa shape index (κ2) is 7.89. The summed E-state index contributed by atoms with van der Waals surface area (Å²) in [5.41, 5.74) is 0.506. The highest BCUT2D eigenvalue weighted by atomic mass is 28.3. The van der Waals surface area contributed by atoms with Crippen molar-refractivity contribution in [2.75, 3.05) is 13.2 Å². The Morgan fingerprint density at radius 3 is 2.09 bits per heavy atom. The molecule has 0 amide bonds. The summed E-state index contributed by atoms with van der Waals surface area (Å²) in [7, 11) is -1.65. The maximum Gasteiger partial charge on any atom is 0.499 e. The topological polar surface area (TPSA) is 27.7 Å².